The molecule has 0 amide bonds. The minimum atomic E-state index is -0.282. The summed E-state index contributed by atoms with van der Waals surface area (Å²) >= 11 is 0. The molecule has 2 N–H and O–H groups in total. The molecule has 0 saturated carbocycles. The van der Waals surface area contributed by atoms with E-state index in [-0.39, 0.29) is 5.97 Å². The molecule has 0 aliphatic carbocycles. The van der Waals surface area contributed by atoms with Crippen molar-refractivity contribution in [3.8, 4) is 0 Å². The van der Waals surface area contributed by atoms with Gasteiger partial charge < -0.3 is 15.0 Å². The van der Waals surface area contributed by atoms with Gasteiger partial charge in [0.1, 0.15) is 0 Å². The summed E-state index contributed by atoms with van der Waals surface area (Å²) in [6.07, 6.45) is 2.05. The molecule has 0 fully saturated rings. The monoisotopic (exact) mass is 294 g/mol. The Bertz CT molecular complexity index is 804. The van der Waals surface area contributed by atoms with E-state index in [1.807, 2.05) is 36.5 Å². The molecule has 0 unspecified atom stereocenters. The lowest BCUT2D eigenvalue weighted by Crippen LogP contribution is -2.05. The maximum Gasteiger partial charge on any atom is 0.338 e. The largest absolute Gasteiger partial charge is 0.462 e. The van der Waals surface area contributed by atoms with Crippen LogP contribution >= 0.6 is 0 Å². The molecule has 112 valence electrons. The third-order valence-corrected chi connectivity index (χ3v) is 3.61. The van der Waals surface area contributed by atoms with Crippen LogP contribution in [-0.4, -0.2) is 17.1 Å². The van der Waals surface area contributed by atoms with Crippen LogP contribution in [0.3, 0.4) is 0 Å². The number of fused-ring (bicyclic) bond motifs is 1. The van der Waals surface area contributed by atoms with E-state index in [9.17, 15) is 4.79 Å². The molecular formula is C18H18N2O2. The fourth-order valence-corrected chi connectivity index (χ4v) is 2.51. The summed E-state index contributed by atoms with van der Waals surface area (Å²) in [5.74, 6) is -0.282. The standard InChI is InChI=1S/C18H18N2O2/c1-2-22-18(21)14-5-3-13(4-6-14)12-20-10-9-15-11-16(19)7-8-17(15)20/h3-11H,2,12,19H2,1H3. The molecule has 1 aromatic heterocycles. The molecule has 0 aliphatic heterocycles. The van der Waals surface area contributed by atoms with Gasteiger partial charge in [-0.2, -0.15) is 0 Å². The van der Waals surface area contributed by atoms with Crippen molar-refractivity contribution in [1.82, 2.24) is 4.57 Å². The maximum absolute atomic E-state index is 11.6. The normalized spacial score (nSPS) is 10.8. The summed E-state index contributed by atoms with van der Waals surface area (Å²) in [7, 11) is 0. The first-order valence-corrected chi connectivity index (χ1v) is 7.28. The number of nitrogens with two attached hydrogens (primary N) is 1. The summed E-state index contributed by atoms with van der Waals surface area (Å²) < 4.78 is 7.15. The summed E-state index contributed by atoms with van der Waals surface area (Å²) in [6, 6.07) is 15.5. The van der Waals surface area contributed by atoms with Gasteiger partial charge in [0.2, 0.25) is 0 Å². The maximum atomic E-state index is 11.6. The minimum absolute atomic E-state index is 0.282. The fourth-order valence-electron chi connectivity index (χ4n) is 2.51. The summed E-state index contributed by atoms with van der Waals surface area (Å²) in [6.45, 7) is 2.94. The lowest BCUT2D eigenvalue weighted by Gasteiger charge is -2.07. The number of nitrogens with zero attached hydrogens (tertiary/aromatic N) is 1. The first-order valence-electron chi connectivity index (χ1n) is 7.28. The zero-order valence-electron chi connectivity index (χ0n) is 12.5. The van der Waals surface area contributed by atoms with Crippen LogP contribution in [0.1, 0.15) is 22.8 Å². The van der Waals surface area contributed by atoms with E-state index in [1.54, 1.807) is 19.1 Å². The molecule has 0 saturated heterocycles. The number of carbonyl (C=O) groups excluding carboxylic acids is 1. The summed E-state index contributed by atoms with van der Waals surface area (Å²) in [4.78, 5) is 11.6. The number of hydrogen-bond acceptors (Lipinski definition) is 3. The molecule has 3 rings (SSSR count). The average molecular weight is 294 g/mol. The van der Waals surface area contributed by atoms with Gasteiger partial charge in [0.05, 0.1) is 12.2 Å². The zero-order chi connectivity index (χ0) is 15.5. The van der Waals surface area contributed by atoms with Crippen molar-refractivity contribution in [3.63, 3.8) is 0 Å². The van der Waals surface area contributed by atoms with Gasteiger partial charge in [-0.1, -0.05) is 12.1 Å². The number of anilines is 1. The van der Waals surface area contributed by atoms with Gasteiger partial charge in [-0.05, 0) is 48.9 Å². The van der Waals surface area contributed by atoms with Gasteiger partial charge in [0.25, 0.3) is 0 Å². The van der Waals surface area contributed by atoms with Crippen LogP contribution < -0.4 is 5.73 Å². The molecule has 0 aliphatic rings. The summed E-state index contributed by atoms with van der Waals surface area (Å²) in [5.41, 5.74) is 9.42. The van der Waals surface area contributed by atoms with Crippen molar-refractivity contribution in [2.75, 3.05) is 12.3 Å². The Morgan fingerprint density at radius 2 is 1.91 bits per heavy atom. The van der Waals surface area contributed by atoms with Gasteiger partial charge in [0.15, 0.2) is 0 Å². The van der Waals surface area contributed by atoms with Gasteiger partial charge in [0, 0.05) is 29.3 Å². The van der Waals surface area contributed by atoms with Gasteiger partial charge in [-0.3, -0.25) is 0 Å². The SMILES string of the molecule is CCOC(=O)c1ccc(Cn2ccc3cc(N)ccc32)cc1. The van der Waals surface area contributed by atoms with Crippen molar-refractivity contribution in [2.45, 2.75) is 13.5 Å². The van der Waals surface area contributed by atoms with E-state index in [2.05, 4.69) is 10.6 Å². The van der Waals surface area contributed by atoms with Crippen LogP contribution in [-0.2, 0) is 11.3 Å². The minimum Gasteiger partial charge on any atom is -0.462 e. The number of esters is 1. The van der Waals surface area contributed by atoms with Crippen LogP contribution in [0.15, 0.2) is 54.7 Å². The Balaban J connectivity index is 1.81. The fraction of sp³-hybridized carbons (Fsp3) is 0.167. The van der Waals surface area contributed by atoms with Gasteiger partial charge >= 0.3 is 5.97 Å². The Morgan fingerprint density at radius 3 is 2.64 bits per heavy atom. The smallest absolute Gasteiger partial charge is 0.338 e. The molecule has 0 bridgehead atoms. The second kappa shape index (κ2) is 5.93. The molecule has 0 spiro atoms. The average Bonchev–Trinajstić information content (AvgIpc) is 2.90. The molecule has 0 atom stereocenters. The second-order valence-electron chi connectivity index (χ2n) is 5.18. The van der Waals surface area contributed by atoms with Crippen molar-refractivity contribution in [2.24, 2.45) is 0 Å². The van der Waals surface area contributed by atoms with E-state index in [0.29, 0.717) is 12.2 Å². The highest BCUT2D eigenvalue weighted by Crippen LogP contribution is 2.20. The number of hydrogen-bond donors (Lipinski definition) is 1. The predicted molar refractivity (Wildman–Crippen MR) is 87.9 cm³/mol. The van der Waals surface area contributed by atoms with Crippen LogP contribution in [0, 0.1) is 0 Å². The number of benzene rings is 2. The Kier molecular flexibility index (Phi) is 3.83. The first-order chi connectivity index (χ1) is 10.7. The number of carbonyl (C=O) groups is 1. The molecule has 0 radical (unpaired) electrons. The Morgan fingerprint density at radius 1 is 1.14 bits per heavy atom. The van der Waals surface area contributed by atoms with E-state index in [0.717, 1.165) is 28.7 Å². The third-order valence-electron chi connectivity index (χ3n) is 3.61. The molecule has 22 heavy (non-hydrogen) atoms. The predicted octanol–water partition coefficient (Wildman–Crippen LogP) is 3.45. The molecule has 4 heteroatoms. The zero-order valence-corrected chi connectivity index (χ0v) is 12.5. The van der Waals surface area contributed by atoms with Crippen LogP contribution in [0.4, 0.5) is 5.69 Å². The number of ether oxygens (including phenoxy) is 1. The lowest BCUT2D eigenvalue weighted by atomic mass is 10.1. The van der Waals surface area contributed by atoms with E-state index < -0.39 is 0 Å². The molecule has 3 aromatic rings. The van der Waals surface area contributed by atoms with Crippen molar-refractivity contribution < 1.29 is 9.53 Å². The summed E-state index contributed by atoms with van der Waals surface area (Å²) in [5, 5.41) is 1.13. The molecule has 1 heterocycles. The van der Waals surface area contributed by atoms with Gasteiger partial charge in [-0.15, -0.1) is 0 Å². The van der Waals surface area contributed by atoms with Crippen LogP contribution in [0.5, 0.6) is 0 Å². The Hall–Kier alpha value is -2.75. The quantitative estimate of drug-likeness (QED) is 0.592. The van der Waals surface area contributed by atoms with Gasteiger partial charge in [-0.25, -0.2) is 4.79 Å². The molecule has 4 nitrogen and oxygen atoms in total. The lowest BCUT2D eigenvalue weighted by molar-refractivity contribution is 0.0526. The van der Waals surface area contributed by atoms with Crippen LogP contribution in [0.25, 0.3) is 10.9 Å². The first kappa shape index (κ1) is 14.2. The highest BCUT2D eigenvalue weighted by atomic mass is 16.5. The van der Waals surface area contributed by atoms with Crippen molar-refractivity contribution >= 4 is 22.6 Å². The topological polar surface area (TPSA) is 57.2 Å². The van der Waals surface area contributed by atoms with E-state index in [1.165, 1.54) is 0 Å². The number of nitrogen functional groups attached to an aromatic ring is 1. The highest BCUT2D eigenvalue weighted by Gasteiger charge is 2.06. The van der Waals surface area contributed by atoms with E-state index in [4.69, 9.17) is 10.5 Å². The molecule has 2 aromatic carbocycles. The number of rotatable bonds is 4. The Labute approximate surface area is 129 Å². The molecular weight excluding hydrogens is 276 g/mol. The number of aromatic nitrogens is 1. The van der Waals surface area contributed by atoms with E-state index >= 15 is 0 Å². The second-order valence-corrected chi connectivity index (χ2v) is 5.18. The van der Waals surface area contributed by atoms with Crippen LogP contribution in [0.2, 0.25) is 0 Å². The third kappa shape index (κ3) is 2.81. The van der Waals surface area contributed by atoms with Crippen molar-refractivity contribution in [1.29, 1.82) is 0 Å². The van der Waals surface area contributed by atoms with Crippen molar-refractivity contribution in [3.05, 3.63) is 65.9 Å². The highest BCUT2D eigenvalue weighted by molar-refractivity contribution is 5.89.